The Bertz CT molecular complexity index is 910. The maximum atomic E-state index is 13.0. The fraction of sp³-hybridized carbons (Fsp3) is 0.300. The van der Waals surface area contributed by atoms with Gasteiger partial charge in [-0.1, -0.05) is 29.8 Å². The number of anilines is 2. The normalized spacial score (nSPS) is 19.1. The number of carbonyl (C=O) groups excluding carboxylic acids is 3. The summed E-state index contributed by atoms with van der Waals surface area (Å²) in [5.74, 6) is -0.943. The van der Waals surface area contributed by atoms with Crippen LogP contribution in [-0.2, 0) is 20.9 Å². The number of likely N-dealkylation sites (tertiary alicyclic amines) is 1. The summed E-state index contributed by atoms with van der Waals surface area (Å²) in [6.07, 6.45) is 3.28. The summed E-state index contributed by atoms with van der Waals surface area (Å²) < 4.78 is 0. The summed E-state index contributed by atoms with van der Waals surface area (Å²) >= 11 is 0. The van der Waals surface area contributed by atoms with E-state index >= 15 is 0 Å². The highest BCUT2D eigenvalue weighted by molar-refractivity contribution is 6.11. The van der Waals surface area contributed by atoms with Crippen molar-refractivity contribution >= 4 is 29.1 Å². The first-order valence-electron chi connectivity index (χ1n) is 8.90. The van der Waals surface area contributed by atoms with Crippen LogP contribution in [0, 0.1) is 12.8 Å². The zero-order valence-corrected chi connectivity index (χ0v) is 15.0. The third kappa shape index (κ3) is 3.40. The Balaban J connectivity index is 1.49. The Morgan fingerprint density at radius 2 is 2.00 bits per heavy atom. The van der Waals surface area contributed by atoms with Crippen LogP contribution in [0.3, 0.4) is 0 Å². The fourth-order valence-corrected chi connectivity index (χ4v) is 3.56. The van der Waals surface area contributed by atoms with Gasteiger partial charge in [-0.15, -0.1) is 0 Å². The molecule has 4 rings (SSSR count). The maximum absolute atomic E-state index is 13.0. The third-order valence-corrected chi connectivity index (χ3v) is 4.99. The van der Waals surface area contributed by atoms with Gasteiger partial charge in [0.1, 0.15) is 6.54 Å². The second kappa shape index (κ2) is 6.83. The van der Waals surface area contributed by atoms with Crippen LogP contribution in [0.2, 0.25) is 0 Å². The zero-order chi connectivity index (χ0) is 19.0. The van der Waals surface area contributed by atoms with Crippen LogP contribution in [0.1, 0.15) is 17.5 Å². The van der Waals surface area contributed by atoms with Crippen molar-refractivity contribution < 1.29 is 14.4 Å². The molecule has 2 aliphatic rings. The van der Waals surface area contributed by atoms with Crippen molar-refractivity contribution in [1.82, 2.24) is 9.88 Å². The first-order chi connectivity index (χ1) is 13.0. The number of rotatable bonds is 3. The molecule has 138 valence electrons. The average Bonchev–Trinajstić information content (AvgIpc) is 3.03. The van der Waals surface area contributed by atoms with Crippen LogP contribution >= 0.6 is 0 Å². The third-order valence-electron chi connectivity index (χ3n) is 4.99. The molecule has 1 saturated heterocycles. The van der Waals surface area contributed by atoms with Gasteiger partial charge in [0.25, 0.3) is 0 Å². The molecule has 2 aromatic rings. The maximum Gasteiger partial charge on any atom is 0.244 e. The van der Waals surface area contributed by atoms with Crippen molar-refractivity contribution in [2.24, 2.45) is 5.92 Å². The number of nitrogens with zero attached hydrogens (tertiary/aromatic N) is 3. The lowest BCUT2D eigenvalue weighted by Gasteiger charge is -2.30. The predicted octanol–water partition coefficient (Wildman–Crippen LogP) is 1.72. The highest BCUT2D eigenvalue weighted by Crippen LogP contribution is 2.31. The quantitative estimate of drug-likeness (QED) is 0.899. The number of hydrogen-bond acceptors (Lipinski definition) is 4. The van der Waals surface area contributed by atoms with Crippen LogP contribution < -0.4 is 10.2 Å². The Morgan fingerprint density at radius 1 is 1.22 bits per heavy atom. The Labute approximate surface area is 157 Å². The highest BCUT2D eigenvalue weighted by atomic mass is 16.2. The van der Waals surface area contributed by atoms with E-state index in [-0.39, 0.29) is 30.7 Å². The second-order valence-electron chi connectivity index (χ2n) is 7.03. The lowest BCUT2D eigenvalue weighted by molar-refractivity contribution is -0.129. The van der Waals surface area contributed by atoms with Crippen molar-refractivity contribution in [3.05, 3.63) is 53.9 Å². The fourth-order valence-electron chi connectivity index (χ4n) is 3.56. The molecule has 1 unspecified atom stereocenters. The highest BCUT2D eigenvalue weighted by Gasteiger charge is 2.39. The van der Waals surface area contributed by atoms with E-state index < -0.39 is 5.92 Å². The minimum atomic E-state index is -0.449. The van der Waals surface area contributed by atoms with Crippen LogP contribution in [0.5, 0.6) is 0 Å². The van der Waals surface area contributed by atoms with Gasteiger partial charge in [0.15, 0.2) is 0 Å². The van der Waals surface area contributed by atoms with Gasteiger partial charge in [-0.25, -0.2) is 0 Å². The van der Waals surface area contributed by atoms with Crippen molar-refractivity contribution in [3.63, 3.8) is 0 Å². The van der Waals surface area contributed by atoms with E-state index in [4.69, 9.17) is 0 Å². The van der Waals surface area contributed by atoms with Gasteiger partial charge in [-0.2, -0.15) is 0 Å². The molecule has 0 saturated carbocycles. The molecule has 1 fully saturated rings. The van der Waals surface area contributed by atoms with Gasteiger partial charge in [0.2, 0.25) is 17.7 Å². The standard InChI is InChI=1S/C20H20N4O3/c1-13-2-4-14(5-3-13)10-23-11-15(8-19(23)26)20(27)24-12-18(25)22-16-9-21-7-6-17(16)24/h2-7,9,15H,8,10-12H2,1H3,(H,22,25). The molecule has 0 spiro atoms. The summed E-state index contributed by atoms with van der Waals surface area (Å²) in [5.41, 5.74) is 3.34. The minimum Gasteiger partial charge on any atom is -0.338 e. The molecule has 2 aliphatic heterocycles. The topological polar surface area (TPSA) is 82.6 Å². The summed E-state index contributed by atoms with van der Waals surface area (Å²) in [4.78, 5) is 44.6. The van der Waals surface area contributed by atoms with E-state index in [9.17, 15) is 14.4 Å². The summed E-state index contributed by atoms with van der Waals surface area (Å²) in [6.45, 7) is 2.83. The van der Waals surface area contributed by atoms with E-state index in [1.54, 1.807) is 17.2 Å². The molecule has 27 heavy (non-hydrogen) atoms. The molecule has 1 aromatic carbocycles. The SMILES string of the molecule is Cc1ccc(CN2CC(C(=O)N3CC(=O)Nc4cnccc43)CC2=O)cc1. The Morgan fingerprint density at radius 3 is 2.78 bits per heavy atom. The number of hydrogen-bond donors (Lipinski definition) is 1. The van der Waals surface area contributed by atoms with Gasteiger partial charge >= 0.3 is 0 Å². The monoisotopic (exact) mass is 364 g/mol. The molecular weight excluding hydrogens is 344 g/mol. The molecule has 3 amide bonds. The molecule has 1 aromatic heterocycles. The molecule has 3 heterocycles. The van der Waals surface area contributed by atoms with Crippen molar-refractivity contribution in [1.29, 1.82) is 0 Å². The Hall–Kier alpha value is -3.22. The molecule has 7 heteroatoms. The average molecular weight is 364 g/mol. The number of aromatic nitrogens is 1. The smallest absolute Gasteiger partial charge is 0.244 e. The first-order valence-corrected chi connectivity index (χ1v) is 8.90. The van der Waals surface area contributed by atoms with Crippen LogP contribution in [0.15, 0.2) is 42.7 Å². The summed E-state index contributed by atoms with van der Waals surface area (Å²) in [6, 6.07) is 9.71. The summed E-state index contributed by atoms with van der Waals surface area (Å²) in [7, 11) is 0. The van der Waals surface area contributed by atoms with Crippen LogP contribution in [-0.4, -0.2) is 40.7 Å². The number of nitrogens with one attached hydrogen (secondary N) is 1. The van der Waals surface area contributed by atoms with E-state index in [2.05, 4.69) is 10.3 Å². The van der Waals surface area contributed by atoms with E-state index in [1.807, 2.05) is 31.2 Å². The number of carbonyl (C=O) groups is 3. The molecule has 7 nitrogen and oxygen atoms in total. The van der Waals surface area contributed by atoms with Crippen LogP contribution in [0.25, 0.3) is 0 Å². The summed E-state index contributed by atoms with van der Waals surface area (Å²) in [5, 5.41) is 2.72. The second-order valence-corrected chi connectivity index (χ2v) is 7.03. The largest absolute Gasteiger partial charge is 0.338 e. The van der Waals surface area contributed by atoms with E-state index in [1.165, 1.54) is 11.1 Å². The molecular formula is C20H20N4O3. The van der Waals surface area contributed by atoms with Crippen molar-refractivity contribution in [2.45, 2.75) is 19.9 Å². The molecule has 0 radical (unpaired) electrons. The van der Waals surface area contributed by atoms with Gasteiger partial charge in [-0.05, 0) is 18.6 Å². The van der Waals surface area contributed by atoms with Gasteiger partial charge < -0.3 is 15.1 Å². The van der Waals surface area contributed by atoms with Crippen molar-refractivity contribution in [3.8, 4) is 0 Å². The van der Waals surface area contributed by atoms with Gasteiger partial charge in [-0.3, -0.25) is 19.4 Å². The zero-order valence-electron chi connectivity index (χ0n) is 15.0. The molecule has 0 aliphatic carbocycles. The van der Waals surface area contributed by atoms with Crippen LogP contribution in [0.4, 0.5) is 11.4 Å². The number of fused-ring (bicyclic) bond motifs is 1. The minimum absolute atomic E-state index is 0.0367. The van der Waals surface area contributed by atoms with Gasteiger partial charge in [0.05, 0.1) is 23.5 Å². The number of amides is 3. The molecule has 0 bridgehead atoms. The number of benzene rings is 1. The van der Waals surface area contributed by atoms with Crippen molar-refractivity contribution in [2.75, 3.05) is 23.3 Å². The predicted molar refractivity (Wildman–Crippen MR) is 99.9 cm³/mol. The molecule has 1 atom stereocenters. The first kappa shape index (κ1) is 17.2. The number of aryl methyl sites for hydroxylation is 1. The Kier molecular flexibility index (Phi) is 4.35. The van der Waals surface area contributed by atoms with E-state index in [0.29, 0.717) is 24.5 Å². The lowest BCUT2D eigenvalue weighted by atomic mass is 10.1. The number of pyridine rings is 1. The van der Waals surface area contributed by atoms with E-state index in [0.717, 1.165) is 11.1 Å². The van der Waals surface area contributed by atoms with Gasteiger partial charge in [0, 0.05) is 25.7 Å². The molecule has 1 N–H and O–H groups in total. The lowest BCUT2D eigenvalue weighted by Crippen LogP contribution is -2.45.